The van der Waals surface area contributed by atoms with Gasteiger partial charge in [-0.15, -0.1) is 0 Å². The summed E-state index contributed by atoms with van der Waals surface area (Å²) in [6, 6.07) is 7.62. The molecule has 1 atom stereocenters. The molecule has 2 rings (SSSR count). The van der Waals surface area contributed by atoms with Crippen molar-refractivity contribution < 1.29 is 8.42 Å². The number of hydrogen-bond acceptors (Lipinski definition) is 3. The summed E-state index contributed by atoms with van der Waals surface area (Å²) in [5.74, 6) is 0.671. The van der Waals surface area contributed by atoms with Gasteiger partial charge in [0.05, 0.1) is 4.90 Å². The largest absolute Gasteiger partial charge is 0.310 e. The highest BCUT2D eigenvalue weighted by Crippen LogP contribution is 2.41. The molecule has 0 saturated heterocycles. The first kappa shape index (κ1) is 12.6. The summed E-state index contributed by atoms with van der Waals surface area (Å²) in [6.45, 7) is 2.99. The Bertz CT molecular complexity index is 492. The van der Waals surface area contributed by atoms with Gasteiger partial charge in [0.15, 0.2) is 9.84 Å². The third-order valence-electron chi connectivity index (χ3n) is 3.16. The van der Waals surface area contributed by atoms with Gasteiger partial charge in [0.2, 0.25) is 0 Å². The summed E-state index contributed by atoms with van der Waals surface area (Å²) in [5, 5.41) is 3.44. The fourth-order valence-corrected chi connectivity index (χ4v) is 2.82. The lowest BCUT2D eigenvalue weighted by Crippen LogP contribution is -2.22. The molecule has 1 fully saturated rings. The molecule has 0 bridgehead atoms. The molecule has 1 aliphatic rings. The molecule has 1 aliphatic carbocycles. The molecular formula is C13H19NO2S. The van der Waals surface area contributed by atoms with Crippen molar-refractivity contribution in [2.45, 2.75) is 30.7 Å². The minimum absolute atomic E-state index is 0.307. The van der Waals surface area contributed by atoms with Crippen molar-refractivity contribution in [2.75, 3.05) is 12.8 Å². The van der Waals surface area contributed by atoms with Crippen molar-refractivity contribution in [3.8, 4) is 0 Å². The maximum Gasteiger partial charge on any atom is 0.175 e. The average molecular weight is 253 g/mol. The second-order valence-corrected chi connectivity index (χ2v) is 6.73. The number of hydrogen-bond donors (Lipinski definition) is 1. The van der Waals surface area contributed by atoms with E-state index in [1.54, 1.807) is 12.1 Å². The van der Waals surface area contributed by atoms with E-state index in [4.69, 9.17) is 0 Å². The SMILES string of the molecule is CCNC(c1cccc(S(C)(=O)=O)c1)C1CC1. The van der Waals surface area contributed by atoms with Crippen LogP contribution in [0.1, 0.15) is 31.4 Å². The van der Waals surface area contributed by atoms with Gasteiger partial charge in [-0.05, 0) is 43.0 Å². The first-order valence-electron chi connectivity index (χ1n) is 6.05. The van der Waals surface area contributed by atoms with Crippen LogP contribution >= 0.6 is 0 Å². The predicted molar refractivity (Wildman–Crippen MR) is 68.7 cm³/mol. The third-order valence-corrected chi connectivity index (χ3v) is 4.27. The molecule has 0 amide bonds. The molecule has 1 aromatic carbocycles. The average Bonchev–Trinajstić information content (AvgIpc) is 3.09. The zero-order valence-electron chi connectivity index (χ0n) is 10.3. The van der Waals surface area contributed by atoms with Gasteiger partial charge in [-0.1, -0.05) is 19.1 Å². The van der Waals surface area contributed by atoms with Gasteiger partial charge in [-0.25, -0.2) is 8.42 Å². The molecule has 0 spiro atoms. The lowest BCUT2D eigenvalue weighted by Gasteiger charge is -2.18. The number of sulfone groups is 1. The highest BCUT2D eigenvalue weighted by atomic mass is 32.2. The van der Waals surface area contributed by atoms with Crippen LogP contribution in [0.4, 0.5) is 0 Å². The van der Waals surface area contributed by atoms with Gasteiger partial charge in [-0.2, -0.15) is 0 Å². The van der Waals surface area contributed by atoms with E-state index in [-0.39, 0.29) is 0 Å². The molecule has 17 heavy (non-hydrogen) atoms. The molecule has 4 heteroatoms. The normalized spacial score (nSPS) is 18.0. The summed E-state index contributed by atoms with van der Waals surface area (Å²) < 4.78 is 23.1. The monoisotopic (exact) mass is 253 g/mol. The van der Waals surface area contributed by atoms with Gasteiger partial charge in [0, 0.05) is 12.3 Å². The van der Waals surface area contributed by atoms with Crippen LogP contribution in [0.3, 0.4) is 0 Å². The van der Waals surface area contributed by atoms with E-state index in [0.29, 0.717) is 16.9 Å². The van der Waals surface area contributed by atoms with Crippen molar-refractivity contribution >= 4 is 9.84 Å². The van der Waals surface area contributed by atoms with E-state index in [1.165, 1.54) is 19.1 Å². The maximum absolute atomic E-state index is 11.5. The van der Waals surface area contributed by atoms with Gasteiger partial charge in [0.1, 0.15) is 0 Å². The maximum atomic E-state index is 11.5. The molecule has 0 radical (unpaired) electrons. The fraction of sp³-hybridized carbons (Fsp3) is 0.538. The highest BCUT2D eigenvalue weighted by molar-refractivity contribution is 7.90. The van der Waals surface area contributed by atoms with Crippen LogP contribution < -0.4 is 5.32 Å². The van der Waals surface area contributed by atoms with E-state index < -0.39 is 9.84 Å². The smallest absolute Gasteiger partial charge is 0.175 e. The fourth-order valence-electron chi connectivity index (χ4n) is 2.14. The van der Waals surface area contributed by atoms with Gasteiger partial charge < -0.3 is 5.32 Å². The van der Waals surface area contributed by atoms with E-state index in [9.17, 15) is 8.42 Å². The Labute approximate surface area is 103 Å². The highest BCUT2D eigenvalue weighted by Gasteiger charge is 2.31. The van der Waals surface area contributed by atoms with Gasteiger partial charge in [0.25, 0.3) is 0 Å². The van der Waals surface area contributed by atoms with Crippen LogP contribution in [0.15, 0.2) is 29.2 Å². The van der Waals surface area contributed by atoms with Crippen LogP contribution in [0.25, 0.3) is 0 Å². The quantitative estimate of drug-likeness (QED) is 0.874. The summed E-state index contributed by atoms with van der Waals surface area (Å²) in [4.78, 5) is 0.415. The summed E-state index contributed by atoms with van der Waals surface area (Å²) in [7, 11) is -3.11. The third kappa shape index (κ3) is 3.07. The van der Waals surface area contributed by atoms with Crippen molar-refractivity contribution in [1.82, 2.24) is 5.32 Å². The zero-order chi connectivity index (χ0) is 12.5. The van der Waals surface area contributed by atoms with Crippen LogP contribution in [0.5, 0.6) is 0 Å². The topological polar surface area (TPSA) is 46.2 Å². The van der Waals surface area contributed by atoms with E-state index in [1.807, 2.05) is 12.1 Å². The van der Waals surface area contributed by atoms with Gasteiger partial charge >= 0.3 is 0 Å². The van der Waals surface area contributed by atoms with Crippen molar-refractivity contribution in [2.24, 2.45) is 5.92 Å². The standard InChI is InChI=1S/C13H19NO2S/c1-3-14-13(10-7-8-10)11-5-4-6-12(9-11)17(2,15)16/h4-6,9-10,13-14H,3,7-8H2,1-2H3. The van der Waals surface area contributed by atoms with Crippen molar-refractivity contribution in [3.63, 3.8) is 0 Å². The summed E-state index contributed by atoms with van der Waals surface area (Å²) in [6.07, 6.45) is 3.73. The van der Waals surface area contributed by atoms with Crippen LogP contribution in [-0.4, -0.2) is 21.2 Å². The first-order valence-corrected chi connectivity index (χ1v) is 7.95. The molecule has 0 aromatic heterocycles. The Morgan fingerprint density at radius 1 is 1.41 bits per heavy atom. The Morgan fingerprint density at radius 3 is 2.65 bits per heavy atom. The lowest BCUT2D eigenvalue weighted by molar-refractivity contribution is 0.495. The van der Waals surface area contributed by atoms with Crippen molar-refractivity contribution in [3.05, 3.63) is 29.8 Å². The van der Waals surface area contributed by atoms with Crippen LogP contribution in [0, 0.1) is 5.92 Å². The molecule has 94 valence electrons. The molecule has 0 heterocycles. The van der Waals surface area contributed by atoms with Crippen molar-refractivity contribution in [1.29, 1.82) is 0 Å². The van der Waals surface area contributed by atoms with Crippen LogP contribution in [-0.2, 0) is 9.84 Å². The second-order valence-electron chi connectivity index (χ2n) is 4.72. The molecule has 0 aliphatic heterocycles. The van der Waals surface area contributed by atoms with Crippen LogP contribution in [0.2, 0.25) is 0 Å². The Morgan fingerprint density at radius 2 is 2.12 bits per heavy atom. The summed E-state index contributed by atoms with van der Waals surface area (Å²) in [5.41, 5.74) is 1.09. The number of benzene rings is 1. The minimum Gasteiger partial charge on any atom is -0.310 e. The Balaban J connectivity index is 2.31. The molecule has 3 nitrogen and oxygen atoms in total. The Hall–Kier alpha value is -0.870. The van der Waals surface area contributed by atoms with E-state index in [2.05, 4.69) is 12.2 Å². The minimum atomic E-state index is -3.11. The molecule has 1 N–H and O–H groups in total. The molecule has 1 unspecified atom stereocenters. The molecule has 1 aromatic rings. The van der Waals surface area contributed by atoms with E-state index in [0.717, 1.165) is 12.1 Å². The predicted octanol–water partition coefficient (Wildman–Crippen LogP) is 2.15. The lowest BCUT2D eigenvalue weighted by atomic mass is 10.0. The molecule has 1 saturated carbocycles. The summed E-state index contributed by atoms with van der Waals surface area (Å²) >= 11 is 0. The van der Waals surface area contributed by atoms with E-state index >= 15 is 0 Å². The van der Waals surface area contributed by atoms with Gasteiger partial charge in [-0.3, -0.25) is 0 Å². The Kier molecular flexibility index (Phi) is 3.54. The first-order chi connectivity index (χ1) is 8.02. The number of nitrogens with one attached hydrogen (secondary N) is 1. The zero-order valence-corrected chi connectivity index (χ0v) is 11.1. The second kappa shape index (κ2) is 4.78. The molecular weight excluding hydrogens is 234 g/mol. The number of rotatable bonds is 5.